The van der Waals surface area contributed by atoms with Crippen molar-refractivity contribution >= 4 is 34.9 Å². The second kappa shape index (κ2) is 8.88. The van der Waals surface area contributed by atoms with Crippen molar-refractivity contribution in [2.24, 2.45) is 0 Å². The molecule has 152 valence electrons. The molecular formula is C19H18F2N4O2S2. The van der Waals surface area contributed by atoms with E-state index >= 15 is 0 Å². The van der Waals surface area contributed by atoms with Crippen LogP contribution in [0.25, 0.3) is 0 Å². The van der Waals surface area contributed by atoms with Gasteiger partial charge in [0.2, 0.25) is 5.91 Å². The summed E-state index contributed by atoms with van der Waals surface area (Å²) in [6.45, 7) is 0.746. The highest BCUT2D eigenvalue weighted by molar-refractivity contribution is 7.98. The summed E-state index contributed by atoms with van der Waals surface area (Å²) in [6.07, 6.45) is -0.683. The summed E-state index contributed by atoms with van der Waals surface area (Å²) in [7, 11) is 0. The first-order valence-electron chi connectivity index (χ1n) is 8.76. The van der Waals surface area contributed by atoms with Crippen LogP contribution < -0.4 is 5.32 Å². The molecule has 1 N–H and O–H groups in total. The fourth-order valence-corrected chi connectivity index (χ4v) is 4.49. The largest absolute Gasteiger partial charge is 0.342 e. The number of rotatable bonds is 6. The number of nitriles is 1. The first-order chi connectivity index (χ1) is 13.8. The first kappa shape index (κ1) is 21.2. The maximum atomic E-state index is 13.4. The molecule has 1 fully saturated rings. The van der Waals surface area contributed by atoms with E-state index in [0.717, 1.165) is 14.8 Å². The predicted molar refractivity (Wildman–Crippen MR) is 106 cm³/mol. The van der Waals surface area contributed by atoms with E-state index < -0.39 is 43.3 Å². The van der Waals surface area contributed by atoms with E-state index in [0.29, 0.717) is 5.75 Å². The number of benzene rings is 1. The molecule has 1 saturated heterocycles. The third kappa shape index (κ3) is 5.52. The van der Waals surface area contributed by atoms with Gasteiger partial charge in [0.1, 0.15) is 16.7 Å². The van der Waals surface area contributed by atoms with Crippen molar-refractivity contribution in [2.45, 2.75) is 36.0 Å². The van der Waals surface area contributed by atoms with Crippen LogP contribution in [0.4, 0.5) is 8.78 Å². The van der Waals surface area contributed by atoms with Crippen LogP contribution in [0, 0.1) is 18.3 Å². The van der Waals surface area contributed by atoms with Gasteiger partial charge < -0.3 is 10.2 Å². The molecule has 0 radical (unpaired) electrons. The molecule has 10 heteroatoms. The minimum atomic E-state index is -3.08. The van der Waals surface area contributed by atoms with Gasteiger partial charge in [0.25, 0.3) is 11.8 Å². The van der Waals surface area contributed by atoms with Gasteiger partial charge in [-0.3, -0.25) is 9.59 Å². The van der Waals surface area contributed by atoms with Crippen molar-refractivity contribution in [1.29, 1.82) is 5.26 Å². The van der Waals surface area contributed by atoms with Gasteiger partial charge in [-0.05, 0) is 19.1 Å². The number of hydrogen-bond donors (Lipinski definition) is 1. The van der Waals surface area contributed by atoms with Crippen molar-refractivity contribution in [3.63, 3.8) is 0 Å². The van der Waals surface area contributed by atoms with Crippen LogP contribution in [0.1, 0.15) is 27.5 Å². The summed E-state index contributed by atoms with van der Waals surface area (Å²) in [4.78, 5) is 30.5. The number of amides is 2. The average Bonchev–Trinajstić information content (AvgIpc) is 3.29. The molecule has 0 bridgehead atoms. The predicted octanol–water partition coefficient (Wildman–Crippen LogP) is 3.23. The van der Waals surface area contributed by atoms with E-state index in [1.807, 2.05) is 31.2 Å². The Morgan fingerprint density at radius 1 is 1.41 bits per heavy atom. The van der Waals surface area contributed by atoms with Crippen LogP contribution in [0.2, 0.25) is 0 Å². The Labute approximate surface area is 174 Å². The Bertz CT molecular complexity index is 940. The Kier molecular flexibility index (Phi) is 6.49. The standard InChI is InChI=1S/C19H18F2N4O2S2/c1-12-2-4-14(5-3-12)28-10-16-24-15(9-29-16)18(27)23-8-17(26)25-11-19(20,21)6-13(25)7-22/h2-5,9,13H,6,8,10-11H2,1H3,(H,23,27)/t13-/m0/s1. The summed E-state index contributed by atoms with van der Waals surface area (Å²) in [5, 5.41) is 13.7. The molecule has 0 unspecified atom stereocenters. The summed E-state index contributed by atoms with van der Waals surface area (Å²) in [6, 6.07) is 8.60. The molecule has 29 heavy (non-hydrogen) atoms. The zero-order valence-electron chi connectivity index (χ0n) is 15.5. The summed E-state index contributed by atoms with van der Waals surface area (Å²) < 4.78 is 26.9. The van der Waals surface area contributed by atoms with Crippen molar-refractivity contribution in [3.05, 3.63) is 45.9 Å². The van der Waals surface area contributed by atoms with Crippen molar-refractivity contribution < 1.29 is 18.4 Å². The van der Waals surface area contributed by atoms with E-state index in [1.165, 1.54) is 16.9 Å². The average molecular weight is 437 g/mol. The number of nitrogens with one attached hydrogen (secondary N) is 1. The molecule has 1 aromatic heterocycles. The number of carbonyl (C=O) groups is 2. The first-order valence-corrected chi connectivity index (χ1v) is 10.6. The Morgan fingerprint density at radius 2 is 2.14 bits per heavy atom. The van der Waals surface area contributed by atoms with Crippen LogP contribution in [0.5, 0.6) is 0 Å². The number of thioether (sulfide) groups is 1. The second-order valence-electron chi connectivity index (χ2n) is 6.64. The van der Waals surface area contributed by atoms with Crippen LogP contribution >= 0.6 is 23.1 Å². The molecule has 2 aromatic rings. The highest BCUT2D eigenvalue weighted by Gasteiger charge is 2.47. The normalized spacial score (nSPS) is 17.7. The second-order valence-corrected chi connectivity index (χ2v) is 8.63. The van der Waals surface area contributed by atoms with Crippen molar-refractivity contribution in [3.8, 4) is 6.07 Å². The molecule has 0 saturated carbocycles. The number of thiazole rings is 1. The minimum Gasteiger partial charge on any atom is -0.342 e. The fourth-order valence-electron chi connectivity index (χ4n) is 2.80. The number of likely N-dealkylation sites (tertiary alicyclic amines) is 1. The number of aromatic nitrogens is 1. The molecule has 0 aliphatic carbocycles. The van der Waals surface area contributed by atoms with Gasteiger partial charge in [0.15, 0.2) is 0 Å². The number of alkyl halides is 2. The summed E-state index contributed by atoms with van der Waals surface area (Å²) in [5.41, 5.74) is 1.35. The highest BCUT2D eigenvalue weighted by Crippen LogP contribution is 2.31. The van der Waals surface area contributed by atoms with E-state index in [-0.39, 0.29) is 5.69 Å². The highest BCUT2D eigenvalue weighted by atomic mass is 32.2. The van der Waals surface area contributed by atoms with Crippen molar-refractivity contribution in [1.82, 2.24) is 15.2 Å². The van der Waals surface area contributed by atoms with Gasteiger partial charge in [-0.25, -0.2) is 13.8 Å². The van der Waals surface area contributed by atoms with Gasteiger partial charge in [0.05, 0.1) is 24.9 Å². The molecule has 1 aliphatic rings. The molecule has 6 nitrogen and oxygen atoms in total. The SMILES string of the molecule is Cc1ccc(SCc2nc(C(=O)NCC(=O)N3CC(F)(F)C[C@H]3C#N)cs2)cc1. The van der Waals surface area contributed by atoms with Gasteiger partial charge in [-0.2, -0.15) is 5.26 Å². The quantitative estimate of drug-likeness (QED) is 0.703. The number of carbonyl (C=O) groups excluding carboxylic acids is 2. The molecule has 2 heterocycles. The van der Waals surface area contributed by atoms with Crippen LogP contribution in [-0.2, 0) is 10.5 Å². The Balaban J connectivity index is 1.50. The smallest absolute Gasteiger partial charge is 0.271 e. The van der Waals surface area contributed by atoms with E-state index in [9.17, 15) is 18.4 Å². The summed E-state index contributed by atoms with van der Waals surface area (Å²) in [5.74, 6) is -3.75. The molecule has 0 spiro atoms. The lowest BCUT2D eigenvalue weighted by Crippen LogP contribution is -2.43. The zero-order chi connectivity index (χ0) is 21.0. The van der Waals surface area contributed by atoms with E-state index in [4.69, 9.17) is 5.26 Å². The lowest BCUT2D eigenvalue weighted by Gasteiger charge is -2.19. The maximum Gasteiger partial charge on any atom is 0.271 e. The van der Waals surface area contributed by atoms with E-state index in [1.54, 1.807) is 23.2 Å². The third-order valence-electron chi connectivity index (χ3n) is 4.31. The van der Waals surface area contributed by atoms with Gasteiger partial charge >= 0.3 is 0 Å². The Morgan fingerprint density at radius 3 is 2.83 bits per heavy atom. The van der Waals surface area contributed by atoms with Gasteiger partial charge in [0, 0.05) is 16.7 Å². The molecule has 1 aromatic carbocycles. The molecule has 1 aliphatic heterocycles. The fraction of sp³-hybridized carbons (Fsp3) is 0.368. The van der Waals surface area contributed by atoms with Crippen molar-refractivity contribution in [2.75, 3.05) is 13.1 Å². The van der Waals surface area contributed by atoms with Gasteiger partial charge in [-0.15, -0.1) is 23.1 Å². The number of nitrogens with zero attached hydrogens (tertiary/aromatic N) is 3. The number of halogens is 2. The zero-order valence-corrected chi connectivity index (χ0v) is 17.2. The third-order valence-corrected chi connectivity index (χ3v) is 6.36. The maximum absolute atomic E-state index is 13.4. The molecule has 2 amide bonds. The number of hydrogen-bond acceptors (Lipinski definition) is 6. The van der Waals surface area contributed by atoms with Crippen LogP contribution in [-0.4, -0.2) is 46.8 Å². The van der Waals surface area contributed by atoms with Crippen LogP contribution in [0.15, 0.2) is 34.5 Å². The monoisotopic (exact) mass is 436 g/mol. The molecule has 3 rings (SSSR count). The van der Waals surface area contributed by atoms with Crippen LogP contribution in [0.3, 0.4) is 0 Å². The summed E-state index contributed by atoms with van der Waals surface area (Å²) >= 11 is 2.93. The molecular weight excluding hydrogens is 418 g/mol. The lowest BCUT2D eigenvalue weighted by molar-refractivity contribution is -0.131. The topological polar surface area (TPSA) is 86.1 Å². The number of aryl methyl sites for hydroxylation is 1. The van der Waals surface area contributed by atoms with Gasteiger partial charge in [-0.1, -0.05) is 17.7 Å². The minimum absolute atomic E-state index is 0.172. The Hall–Kier alpha value is -2.51. The van der Waals surface area contributed by atoms with E-state index in [2.05, 4.69) is 10.3 Å². The molecule has 1 atom stereocenters. The lowest BCUT2D eigenvalue weighted by atomic mass is 10.2.